The number of aliphatic imine (C=N–C) groups is 1. The van der Waals surface area contributed by atoms with Gasteiger partial charge in [0.05, 0.1) is 6.04 Å². The molecule has 0 unspecified atom stereocenters. The van der Waals surface area contributed by atoms with Crippen LogP contribution in [0.3, 0.4) is 0 Å². The lowest BCUT2D eigenvalue weighted by atomic mass is 9.75. The molecule has 5 rings (SSSR count). The van der Waals surface area contributed by atoms with Crippen molar-refractivity contribution in [2.45, 2.75) is 32.2 Å². The predicted octanol–water partition coefficient (Wildman–Crippen LogP) is 6.95. The third kappa shape index (κ3) is 4.88. The van der Waals surface area contributed by atoms with Gasteiger partial charge in [-0.2, -0.15) is 0 Å². The fraction of sp³-hybridized carbons (Fsp3) is 0.242. The summed E-state index contributed by atoms with van der Waals surface area (Å²) in [6.45, 7) is 7.37. The Labute approximate surface area is 216 Å². The summed E-state index contributed by atoms with van der Waals surface area (Å²) in [6.07, 6.45) is 0.875. The molecule has 1 heterocycles. The van der Waals surface area contributed by atoms with Crippen molar-refractivity contribution in [1.29, 1.82) is 0 Å². The van der Waals surface area contributed by atoms with E-state index in [0.717, 1.165) is 12.1 Å². The molecule has 0 fully saturated rings. The van der Waals surface area contributed by atoms with Crippen LogP contribution in [0.15, 0.2) is 126 Å². The maximum Gasteiger partial charge on any atom is 0.199 e. The summed E-state index contributed by atoms with van der Waals surface area (Å²) in [5.74, 6) is 0.846. The third-order valence-electron chi connectivity index (χ3n) is 7.08. The average molecular weight is 492 g/mol. The van der Waals surface area contributed by atoms with Crippen LogP contribution in [0.1, 0.15) is 31.9 Å². The smallest absolute Gasteiger partial charge is 0.199 e. The number of rotatable bonds is 7. The Bertz CT molecular complexity index is 1200. The zero-order valence-electron chi connectivity index (χ0n) is 21.3. The van der Waals surface area contributed by atoms with Crippen molar-refractivity contribution < 1.29 is 4.74 Å². The summed E-state index contributed by atoms with van der Waals surface area (Å²) in [5.41, 5.74) is 1.98. The van der Waals surface area contributed by atoms with Crippen LogP contribution in [0.2, 0.25) is 0 Å². The first-order valence-corrected chi connectivity index (χ1v) is 14.2. The zero-order chi connectivity index (χ0) is 25.0. The van der Waals surface area contributed by atoms with Gasteiger partial charge in [0.2, 0.25) is 0 Å². The first-order valence-electron chi connectivity index (χ1n) is 12.7. The second kappa shape index (κ2) is 10.4. The maximum atomic E-state index is 6.60. The predicted molar refractivity (Wildman–Crippen MR) is 154 cm³/mol. The van der Waals surface area contributed by atoms with Crippen molar-refractivity contribution in [3.63, 3.8) is 0 Å². The second-order valence-corrected chi connectivity index (χ2v) is 12.7. The summed E-state index contributed by atoms with van der Waals surface area (Å²) in [7, 11) is -0.705. The highest BCUT2D eigenvalue weighted by Gasteiger charge is 2.47. The van der Waals surface area contributed by atoms with Gasteiger partial charge < -0.3 is 4.74 Å². The lowest BCUT2D eigenvalue weighted by molar-refractivity contribution is 0.229. The van der Waals surface area contributed by atoms with Gasteiger partial charge in [-0.15, -0.1) is 0 Å². The van der Waals surface area contributed by atoms with E-state index in [9.17, 15) is 0 Å². The minimum Gasteiger partial charge on any atom is -0.478 e. The molecule has 4 aromatic rings. The molecule has 1 aliphatic rings. The van der Waals surface area contributed by atoms with Crippen molar-refractivity contribution in [2.75, 3.05) is 12.8 Å². The van der Waals surface area contributed by atoms with E-state index in [1.54, 1.807) is 0 Å². The Morgan fingerprint density at radius 3 is 1.47 bits per heavy atom. The van der Waals surface area contributed by atoms with Gasteiger partial charge in [0.1, 0.15) is 12.0 Å². The van der Waals surface area contributed by atoms with E-state index in [1.807, 2.05) is 0 Å². The van der Waals surface area contributed by atoms with Gasteiger partial charge in [-0.05, 0) is 41.2 Å². The molecule has 0 bridgehead atoms. The first kappa shape index (κ1) is 24.5. The van der Waals surface area contributed by atoms with Crippen LogP contribution in [0.25, 0.3) is 0 Å². The van der Waals surface area contributed by atoms with E-state index in [-0.39, 0.29) is 11.5 Å². The molecule has 182 valence electrons. The van der Waals surface area contributed by atoms with E-state index in [1.165, 1.54) is 21.7 Å². The fourth-order valence-electron chi connectivity index (χ4n) is 4.94. The SMILES string of the molecule is CC(C)(C)[C@H]1COC(C(CP(c2ccccc2)c2ccccc2)(c2ccccc2)c2ccccc2)=N1. The summed E-state index contributed by atoms with van der Waals surface area (Å²) in [6, 6.07) is 43.7. The van der Waals surface area contributed by atoms with Crippen LogP contribution in [-0.4, -0.2) is 24.7 Å². The van der Waals surface area contributed by atoms with E-state index in [0.29, 0.717) is 6.61 Å². The Morgan fingerprint density at radius 1 is 0.667 bits per heavy atom. The van der Waals surface area contributed by atoms with Crippen molar-refractivity contribution >= 4 is 24.4 Å². The summed E-state index contributed by atoms with van der Waals surface area (Å²) >= 11 is 0. The van der Waals surface area contributed by atoms with Gasteiger partial charge in [0.15, 0.2) is 5.90 Å². The van der Waals surface area contributed by atoms with Gasteiger partial charge in [0.25, 0.3) is 0 Å². The topological polar surface area (TPSA) is 21.6 Å². The second-order valence-electron chi connectivity index (χ2n) is 10.5. The molecule has 0 saturated carbocycles. The molecular weight excluding hydrogens is 457 g/mol. The van der Waals surface area contributed by atoms with E-state index in [2.05, 4.69) is 142 Å². The Hall–Kier alpha value is -3.22. The molecule has 36 heavy (non-hydrogen) atoms. The lowest BCUT2D eigenvalue weighted by Crippen LogP contribution is -2.42. The first-order chi connectivity index (χ1) is 17.5. The normalized spacial score (nSPS) is 16.0. The van der Waals surface area contributed by atoms with Crippen LogP contribution in [-0.2, 0) is 10.2 Å². The maximum absolute atomic E-state index is 6.60. The monoisotopic (exact) mass is 491 g/mol. The summed E-state index contributed by atoms with van der Waals surface area (Å²) in [4.78, 5) is 5.33. The Morgan fingerprint density at radius 2 is 1.08 bits per heavy atom. The average Bonchev–Trinajstić information content (AvgIpc) is 3.43. The van der Waals surface area contributed by atoms with Gasteiger partial charge >= 0.3 is 0 Å². The molecule has 0 aromatic heterocycles. The summed E-state index contributed by atoms with van der Waals surface area (Å²) in [5, 5.41) is 2.72. The van der Waals surface area contributed by atoms with Crippen molar-refractivity contribution in [3.05, 3.63) is 132 Å². The molecule has 1 atom stereocenters. The van der Waals surface area contributed by atoms with Gasteiger partial charge in [-0.1, -0.05) is 142 Å². The molecule has 0 aliphatic carbocycles. The van der Waals surface area contributed by atoms with Crippen LogP contribution >= 0.6 is 7.92 Å². The van der Waals surface area contributed by atoms with Crippen LogP contribution in [0, 0.1) is 5.41 Å². The highest BCUT2D eigenvalue weighted by atomic mass is 31.1. The molecule has 0 radical (unpaired) electrons. The van der Waals surface area contributed by atoms with Crippen molar-refractivity contribution in [1.82, 2.24) is 0 Å². The Kier molecular flexibility index (Phi) is 7.08. The molecule has 0 spiro atoms. The lowest BCUT2D eigenvalue weighted by Gasteiger charge is -2.37. The van der Waals surface area contributed by atoms with Crippen molar-refractivity contribution in [2.24, 2.45) is 10.4 Å². The van der Waals surface area contributed by atoms with Crippen LogP contribution in [0.5, 0.6) is 0 Å². The standard InChI is InChI=1S/C33H34NOP/c1-32(2,3)30-24-35-31(34-30)33(26-16-8-4-9-17-26,27-18-10-5-11-19-27)25-36(28-20-12-6-13-21-28)29-22-14-7-15-23-29/h4-23,30H,24-25H2,1-3H3/t30-/m1/s1. The van der Waals surface area contributed by atoms with Gasteiger partial charge in [0, 0.05) is 0 Å². The minimum absolute atomic E-state index is 0.0322. The number of benzene rings is 4. The highest BCUT2D eigenvalue weighted by Crippen LogP contribution is 2.48. The van der Waals surface area contributed by atoms with E-state index in [4.69, 9.17) is 9.73 Å². The fourth-order valence-corrected chi connectivity index (χ4v) is 7.65. The quantitative estimate of drug-likeness (QED) is 0.256. The highest BCUT2D eigenvalue weighted by molar-refractivity contribution is 7.73. The minimum atomic E-state index is -0.705. The molecule has 2 nitrogen and oxygen atoms in total. The molecule has 1 aliphatic heterocycles. The third-order valence-corrected chi connectivity index (χ3v) is 9.71. The largest absolute Gasteiger partial charge is 0.478 e. The van der Waals surface area contributed by atoms with E-state index >= 15 is 0 Å². The Balaban J connectivity index is 1.76. The molecule has 4 aromatic carbocycles. The van der Waals surface area contributed by atoms with Crippen molar-refractivity contribution in [3.8, 4) is 0 Å². The molecule has 3 heteroatoms. The number of ether oxygens (including phenoxy) is 1. The molecule has 0 amide bonds. The molecule has 0 saturated heterocycles. The number of nitrogens with zero attached hydrogens (tertiary/aromatic N) is 1. The van der Waals surface area contributed by atoms with Crippen LogP contribution in [0.4, 0.5) is 0 Å². The number of hydrogen-bond acceptors (Lipinski definition) is 2. The van der Waals surface area contributed by atoms with Gasteiger partial charge in [-0.25, -0.2) is 4.99 Å². The zero-order valence-corrected chi connectivity index (χ0v) is 22.2. The van der Waals surface area contributed by atoms with Crippen LogP contribution < -0.4 is 10.6 Å². The van der Waals surface area contributed by atoms with E-state index < -0.39 is 13.3 Å². The molecule has 0 N–H and O–H groups in total. The molecular formula is C33H34NOP. The summed E-state index contributed by atoms with van der Waals surface area (Å²) < 4.78 is 6.60. The number of hydrogen-bond donors (Lipinski definition) is 0. The van der Waals surface area contributed by atoms with Gasteiger partial charge in [-0.3, -0.25) is 0 Å².